The Hall–Kier alpha value is -3.36. The van der Waals surface area contributed by atoms with E-state index in [-0.39, 0.29) is 22.0 Å². The second-order valence-corrected chi connectivity index (χ2v) is 5.21. The van der Waals surface area contributed by atoms with Gasteiger partial charge in [0, 0.05) is 35.4 Å². The quantitative estimate of drug-likeness (QED) is 0.742. The van der Waals surface area contributed by atoms with E-state index in [0.717, 1.165) is 34.9 Å². The van der Waals surface area contributed by atoms with Crippen LogP contribution < -0.4 is 11.0 Å². The zero-order valence-corrected chi connectivity index (χ0v) is 12.3. The van der Waals surface area contributed by atoms with Gasteiger partial charge in [0.25, 0.3) is 5.56 Å². The largest absolute Gasteiger partial charge is 0.477 e. The van der Waals surface area contributed by atoms with E-state index in [1.54, 1.807) is 0 Å². The van der Waals surface area contributed by atoms with E-state index in [9.17, 15) is 27.6 Å². The van der Waals surface area contributed by atoms with Crippen molar-refractivity contribution in [3.8, 4) is 5.69 Å². The zero-order valence-electron chi connectivity index (χ0n) is 12.3. The molecule has 0 spiro atoms. The number of hydrogen-bond acceptors (Lipinski definition) is 3. The number of carboxylic acid groups (broad SMARTS) is 1. The van der Waals surface area contributed by atoms with E-state index in [2.05, 4.69) is 4.98 Å². The van der Waals surface area contributed by atoms with Crippen LogP contribution in [0.15, 0.2) is 52.3 Å². The van der Waals surface area contributed by atoms with Crippen molar-refractivity contribution in [2.75, 3.05) is 0 Å². The second kappa shape index (κ2) is 5.62. The molecule has 0 bridgehead atoms. The maximum absolute atomic E-state index is 13.4. The molecule has 0 saturated heterocycles. The standard InChI is InChI=1S/C16H9F3N2O4/c17-16(18,19)11-7-12-8(5-10(15(24)25)14(23)20-12)6-13(11)21-3-1-9(22)2-4-21/h1-7H,(H,20,23)(H,24,25). The minimum Gasteiger partial charge on any atom is -0.477 e. The molecule has 0 atom stereocenters. The third-order valence-corrected chi connectivity index (χ3v) is 3.57. The van der Waals surface area contributed by atoms with Crippen LogP contribution in [-0.2, 0) is 6.18 Å². The van der Waals surface area contributed by atoms with E-state index < -0.39 is 28.8 Å². The maximum Gasteiger partial charge on any atom is 0.418 e. The molecule has 2 N–H and O–H groups in total. The van der Waals surface area contributed by atoms with E-state index in [1.165, 1.54) is 12.4 Å². The van der Waals surface area contributed by atoms with Crippen molar-refractivity contribution >= 4 is 16.9 Å². The monoisotopic (exact) mass is 350 g/mol. The number of nitrogens with zero attached hydrogens (tertiary/aromatic N) is 1. The van der Waals surface area contributed by atoms with Gasteiger partial charge in [-0.05, 0) is 18.2 Å². The molecule has 3 rings (SSSR count). The molecule has 25 heavy (non-hydrogen) atoms. The SMILES string of the molecule is O=C(O)c1cc2cc(-n3ccc(=O)cc3)c(C(F)(F)F)cc2[nH]c1=O. The number of benzene rings is 1. The Balaban J connectivity index is 2.38. The van der Waals surface area contributed by atoms with Crippen LogP contribution in [0.3, 0.4) is 0 Å². The fourth-order valence-corrected chi connectivity index (χ4v) is 2.42. The second-order valence-electron chi connectivity index (χ2n) is 5.21. The Labute approximate surface area is 136 Å². The van der Waals surface area contributed by atoms with Crippen LogP contribution in [0.4, 0.5) is 13.2 Å². The average molecular weight is 350 g/mol. The smallest absolute Gasteiger partial charge is 0.418 e. The highest BCUT2D eigenvalue weighted by atomic mass is 19.4. The fraction of sp³-hybridized carbons (Fsp3) is 0.0625. The summed E-state index contributed by atoms with van der Waals surface area (Å²) in [6.45, 7) is 0. The molecule has 0 radical (unpaired) electrons. The average Bonchev–Trinajstić information content (AvgIpc) is 2.52. The minimum absolute atomic E-state index is 0.110. The van der Waals surface area contributed by atoms with Gasteiger partial charge in [0.15, 0.2) is 5.43 Å². The summed E-state index contributed by atoms with van der Waals surface area (Å²) >= 11 is 0. The molecule has 0 aliphatic heterocycles. The number of rotatable bonds is 2. The van der Waals surface area contributed by atoms with Crippen LogP contribution in [0.25, 0.3) is 16.6 Å². The number of pyridine rings is 2. The number of aromatic nitrogens is 2. The van der Waals surface area contributed by atoms with Crippen LogP contribution >= 0.6 is 0 Å². The molecule has 6 nitrogen and oxygen atoms in total. The van der Waals surface area contributed by atoms with Gasteiger partial charge in [0.2, 0.25) is 0 Å². The van der Waals surface area contributed by atoms with Gasteiger partial charge < -0.3 is 14.7 Å². The summed E-state index contributed by atoms with van der Waals surface area (Å²) in [4.78, 5) is 36.0. The van der Waals surface area contributed by atoms with Crippen molar-refractivity contribution in [3.05, 3.63) is 74.4 Å². The lowest BCUT2D eigenvalue weighted by atomic mass is 10.1. The number of H-pyrrole nitrogens is 1. The third kappa shape index (κ3) is 3.03. The van der Waals surface area contributed by atoms with Gasteiger partial charge in [0.1, 0.15) is 5.56 Å². The molecule has 0 aliphatic carbocycles. The molecule has 2 aromatic heterocycles. The van der Waals surface area contributed by atoms with Crippen LogP contribution in [0.2, 0.25) is 0 Å². The normalized spacial score (nSPS) is 11.6. The molecule has 2 heterocycles. The summed E-state index contributed by atoms with van der Waals surface area (Å²) in [6.07, 6.45) is -2.39. The number of nitrogens with one attached hydrogen (secondary N) is 1. The topological polar surface area (TPSA) is 92.2 Å². The van der Waals surface area contributed by atoms with E-state index in [1.807, 2.05) is 0 Å². The van der Waals surface area contributed by atoms with Gasteiger partial charge in [-0.2, -0.15) is 13.2 Å². The number of aromatic amines is 1. The molecular weight excluding hydrogens is 341 g/mol. The van der Waals surface area contributed by atoms with Crippen LogP contribution in [-0.4, -0.2) is 20.6 Å². The highest BCUT2D eigenvalue weighted by molar-refractivity contribution is 5.93. The number of alkyl halides is 3. The number of hydrogen-bond donors (Lipinski definition) is 2. The van der Waals surface area contributed by atoms with Crippen LogP contribution in [0.5, 0.6) is 0 Å². The number of carbonyl (C=O) groups is 1. The van der Waals surface area contributed by atoms with Crippen molar-refractivity contribution in [1.82, 2.24) is 9.55 Å². The molecule has 128 valence electrons. The van der Waals surface area contributed by atoms with E-state index in [0.29, 0.717) is 0 Å². The summed E-state index contributed by atoms with van der Waals surface area (Å²) in [7, 11) is 0. The first-order valence-electron chi connectivity index (χ1n) is 6.87. The lowest BCUT2D eigenvalue weighted by Crippen LogP contribution is -2.18. The highest BCUT2D eigenvalue weighted by Gasteiger charge is 2.34. The summed E-state index contributed by atoms with van der Waals surface area (Å²) < 4.78 is 41.3. The number of fused-ring (bicyclic) bond motifs is 1. The molecule has 0 fully saturated rings. The summed E-state index contributed by atoms with van der Waals surface area (Å²) in [5, 5.41) is 9.10. The Morgan fingerprint density at radius 2 is 1.72 bits per heavy atom. The van der Waals surface area contributed by atoms with E-state index in [4.69, 9.17) is 5.11 Å². The number of carboxylic acids is 1. The van der Waals surface area contributed by atoms with Crippen LogP contribution in [0.1, 0.15) is 15.9 Å². The first kappa shape index (κ1) is 16.5. The predicted octanol–water partition coefficient (Wildman–Crippen LogP) is 2.40. The van der Waals surface area contributed by atoms with E-state index >= 15 is 0 Å². The summed E-state index contributed by atoms with van der Waals surface area (Å²) in [5.41, 5.74) is -3.44. The Morgan fingerprint density at radius 3 is 2.28 bits per heavy atom. The van der Waals surface area contributed by atoms with Gasteiger partial charge in [-0.1, -0.05) is 0 Å². The Bertz CT molecular complexity index is 1090. The molecule has 0 saturated carbocycles. The van der Waals surface area contributed by atoms with Gasteiger partial charge in [-0.3, -0.25) is 9.59 Å². The van der Waals surface area contributed by atoms with Crippen molar-refractivity contribution < 1.29 is 23.1 Å². The van der Waals surface area contributed by atoms with Gasteiger partial charge in [-0.15, -0.1) is 0 Å². The Morgan fingerprint density at radius 1 is 1.08 bits per heavy atom. The molecule has 0 amide bonds. The van der Waals surface area contributed by atoms with Gasteiger partial charge in [-0.25, -0.2) is 4.79 Å². The summed E-state index contributed by atoms with van der Waals surface area (Å²) in [5.74, 6) is -1.49. The third-order valence-electron chi connectivity index (χ3n) is 3.57. The van der Waals surface area contributed by atoms with Crippen LogP contribution in [0, 0.1) is 0 Å². The summed E-state index contributed by atoms with van der Waals surface area (Å²) in [6, 6.07) is 5.03. The lowest BCUT2D eigenvalue weighted by Gasteiger charge is -2.16. The fourth-order valence-electron chi connectivity index (χ4n) is 2.42. The van der Waals surface area contributed by atoms with Crippen molar-refractivity contribution in [2.45, 2.75) is 6.18 Å². The molecule has 0 aliphatic rings. The minimum atomic E-state index is -4.73. The van der Waals surface area contributed by atoms with Crippen molar-refractivity contribution in [3.63, 3.8) is 0 Å². The van der Waals surface area contributed by atoms with Gasteiger partial charge in [0.05, 0.1) is 11.3 Å². The highest BCUT2D eigenvalue weighted by Crippen LogP contribution is 2.35. The Kier molecular flexibility index (Phi) is 3.71. The molecular formula is C16H9F3N2O4. The molecule has 1 aromatic carbocycles. The first-order chi connectivity index (χ1) is 11.7. The lowest BCUT2D eigenvalue weighted by molar-refractivity contribution is -0.137. The molecule has 0 unspecified atom stereocenters. The first-order valence-corrected chi connectivity index (χ1v) is 6.87. The van der Waals surface area contributed by atoms with Crippen molar-refractivity contribution in [2.24, 2.45) is 0 Å². The molecule has 3 aromatic rings. The zero-order chi connectivity index (χ0) is 18.4. The predicted molar refractivity (Wildman–Crippen MR) is 82.1 cm³/mol. The van der Waals surface area contributed by atoms with Crippen molar-refractivity contribution in [1.29, 1.82) is 0 Å². The maximum atomic E-state index is 13.4. The number of aromatic carboxylic acids is 1. The van der Waals surface area contributed by atoms with Gasteiger partial charge >= 0.3 is 12.1 Å². The molecule has 9 heteroatoms. The number of halogens is 3.